The minimum Gasteiger partial charge on any atom is -0.871 e. The normalized spacial score (nSPS) is 11.0. The Morgan fingerprint density at radius 2 is 1.71 bits per heavy atom. The summed E-state index contributed by atoms with van der Waals surface area (Å²) in [5, 5.41) is 28.1. The van der Waals surface area contributed by atoms with E-state index in [9.17, 15) is 33.4 Å². The fourth-order valence-corrected chi connectivity index (χ4v) is 3.33. The van der Waals surface area contributed by atoms with Crippen LogP contribution in [0.2, 0.25) is 0 Å². The first-order chi connectivity index (χ1) is 15.6. The Bertz CT molecular complexity index is 1300. The summed E-state index contributed by atoms with van der Waals surface area (Å²) < 4.78 is 28.0. The van der Waals surface area contributed by atoms with Crippen molar-refractivity contribution >= 4 is 17.7 Å². The first kappa shape index (κ1) is 30.8. The van der Waals surface area contributed by atoms with E-state index in [1.54, 1.807) is 12.1 Å². The van der Waals surface area contributed by atoms with E-state index in [2.05, 4.69) is 10.6 Å². The third-order valence-electron chi connectivity index (χ3n) is 4.96. The summed E-state index contributed by atoms with van der Waals surface area (Å²) in [6, 6.07) is 7.42. The summed E-state index contributed by atoms with van der Waals surface area (Å²) in [6.07, 6.45) is 0.709. The average molecular weight is 501 g/mol. The van der Waals surface area contributed by atoms with Crippen LogP contribution in [0.5, 0.6) is 5.75 Å². The number of aromatic nitrogens is 1. The van der Waals surface area contributed by atoms with Gasteiger partial charge in [-0.2, -0.15) is 0 Å². The van der Waals surface area contributed by atoms with Gasteiger partial charge in [-0.3, -0.25) is 4.79 Å². The Kier molecular flexibility index (Phi) is 11.6. The van der Waals surface area contributed by atoms with Crippen LogP contribution in [0.4, 0.5) is 19.3 Å². The maximum absolute atomic E-state index is 13.6. The molecule has 0 aliphatic rings. The summed E-state index contributed by atoms with van der Waals surface area (Å²) in [5.41, 5.74) is 0.155. The molecule has 2 aromatic carbocycles. The van der Waals surface area contributed by atoms with Crippen LogP contribution in [0, 0.1) is 18.6 Å². The predicted molar refractivity (Wildman–Crippen MR) is 112 cm³/mol. The number of anilines is 1. The first-order valence-corrected chi connectivity index (χ1v) is 9.76. The Labute approximate surface area is 243 Å². The van der Waals surface area contributed by atoms with E-state index in [0.717, 1.165) is 16.7 Å². The van der Waals surface area contributed by atoms with E-state index in [4.69, 9.17) is 0 Å². The van der Waals surface area contributed by atoms with Crippen LogP contribution >= 0.6 is 0 Å². The summed E-state index contributed by atoms with van der Waals surface area (Å²) >= 11 is 0. The number of benzene rings is 2. The number of aryl methyl sites for hydroxylation is 2. The third kappa shape index (κ3) is 7.63. The fourth-order valence-electron chi connectivity index (χ4n) is 3.33. The SMILES string of the molecule is Cc1cn(C)c(=O)c(NC(=O)N[C@@H](CC(=O)[O-])c2cccc(-c3ccc(F)c(F)c3)c2)c1[O-].[Na+].[Na+]. The zero-order chi connectivity index (χ0) is 24.3. The van der Waals surface area contributed by atoms with Gasteiger partial charge in [0.25, 0.3) is 5.56 Å². The fraction of sp³-hybridized carbons (Fsp3) is 0.174. The van der Waals surface area contributed by atoms with E-state index < -0.39 is 53.1 Å². The molecule has 0 aliphatic carbocycles. The van der Waals surface area contributed by atoms with E-state index in [0.29, 0.717) is 16.7 Å². The second-order valence-corrected chi connectivity index (χ2v) is 7.41. The molecule has 12 heteroatoms. The topological polar surface area (TPSA) is 126 Å². The van der Waals surface area contributed by atoms with Crippen molar-refractivity contribution in [1.29, 1.82) is 0 Å². The second-order valence-electron chi connectivity index (χ2n) is 7.41. The Balaban J connectivity index is 0.00000306. The van der Waals surface area contributed by atoms with Gasteiger partial charge in [0.2, 0.25) is 0 Å². The van der Waals surface area contributed by atoms with Crippen molar-refractivity contribution in [1.82, 2.24) is 9.88 Å². The summed E-state index contributed by atoms with van der Waals surface area (Å²) in [6.45, 7) is 1.48. The predicted octanol–water partition coefficient (Wildman–Crippen LogP) is -4.28. The van der Waals surface area contributed by atoms with Crippen LogP contribution in [-0.4, -0.2) is 16.6 Å². The van der Waals surface area contributed by atoms with Gasteiger partial charge in [0, 0.05) is 25.6 Å². The quantitative estimate of drug-likeness (QED) is 0.331. The molecule has 35 heavy (non-hydrogen) atoms. The molecule has 2 N–H and O–H groups in total. The minimum absolute atomic E-state index is 0. The number of hydrogen-bond donors (Lipinski definition) is 2. The van der Waals surface area contributed by atoms with Crippen molar-refractivity contribution in [2.24, 2.45) is 7.05 Å². The number of carboxylic acid groups (broad SMARTS) is 1. The van der Waals surface area contributed by atoms with Gasteiger partial charge in [0.15, 0.2) is 11.6 Å². The van der Waals surface area contributed by atoms with Crippen molar-refractivity contribution in [3.8, 4) is 16.9 Å². The number of carbonyl (C=O) groups excluding carboxylic acids is 2. The zero-order valence-corrected chi connectivity index (χ0v) is 23.6. The number of nitrogens with zero attached hydrogens (tertiary/aromatic N) is 1. The number of carboxylic acids is 1. The molecule has 2 amide bonds. The van der Waals surface area contributed by atoms with Gasteiger partial charge >= 0.3 is 65.1 Å². The molecule has 0 saturated carbocycles. The van der Waals surface area contributed by atoms with Crippen LogP contribution in [0.1, 0.15) is 23.6 Å². The van der Waals surface area contributed by atoms with Crippen LogP contribution < -0.4 is 85.5 Å². The van der Waals surface area contributed by atoms with Crippen molar-refractivity contribution < 1.29 is 87.7 Å². The average Bonchev–Trinajstić information content (AvgIpc) is 2.76. The van der Waals surface area contributed by atoms with E-state index in [1.807, 2.05) is 0 Å². The summed E-state index contributed by atoms with van der Waals surface area (Å²) in [7, 11) is 1.42. The molecule has 0 bridgehead atoms. The molecule has 3 aromatic rings. The van der Waals surface area contributed by atoms with Crippen molar-refractivity contribution in [3.05, 3.63) is 81.8 Å². The van der Waals surface area contributed by atoms with E-state index in [-0.39, 0.29) is 64.7 Å². The number of halogens is 2. The van der Waals surface area contributed by atoms with Gasteiger partial charge in [-0.25, -0.2) is 13.6 Å². The summed E-state index contributed by atoms with van der Waals surface area (Å²) in [4.78, 5) is 36.0. The molecule has 172 valence electrons. The Morgan fingerprint density at radius 1 is 1.06 bits per heavy atom. The number of hydrogen-bond acceptors (Lipinski definition) is 5. The maximum Gasteiger partial charge on any atom is 1.00 e. The van der Waals surface area contributed by atoms with Gasteiger partial charge in [0.1, 0.15) is 5.69 Å². The smallest absolute Gasteiger partial charge is 0.871 e. The number of nitrogens with one attached hydrogen (secondary N) is 2. The molecular formula is C23H19F2N3Na2O5. The number of carbonyl (C=O) groups is 2. The molecule has 0 aliphatic heterocycles. The minimum atomic E-state index is -1.46. The number of amides is 2. The molecule has 3 rings (SSSR count). The van der Waals surface area contributed by atoms with Gasteiger partial charge in [-0.1, -0.05) is 30.0 Å². The number of pyridine rings is 1. The molecule has 0 fully saturated rings. The summed E-state index contributed by atoms with van der Waals surface area (Å²) in [5.74, 6) is -4.18. The van der Waals surface area contributed by atoms with Gasteiger partial charge in [-0.05, 0) is 47.4 Å². The van der Waals surface area contributed by atoms with Gasteiger partial charge in [0.05, 0.1) is 6.04 Å². The second kappa shape index (κ2) is 13.2. The molecule has 0 saturated heterocycles. The zero-order valence-electron chi connectivity index (χ0n) is 19.6. The molecule has 0 spiro atoms. The number of urea groups is 1. The van der Waals surface area contributed by atoms with Crippen molar-refractivity contribution in [2.45, 2.75) is 19.4 Å². The molecule has 1 atom stereocenters. The molecule has 0 unspecified atom stereocenters. The first-order valence-electron chi connectivity index (χ1n) is 9.76. The Hall–Kier alpha value is -2.21. The molecular weight excluding hydrogens is 482 g/mol. The van der Waals surface area contributed by atoms with E-state index >= 15 is 0 Å². The molecule has 0 radical (unpaired) electrons. The van der Waals surface area contributed by atoms with Gasteiger partial charge < -0.3 is 30.2 Å². The third-order valence-corrected chi connectivity index (χ3v) is 4.96. The standard InChI is InChI=1S/C23H21F2N3O5.2Na/c1-12-11-28(2)22(32)20(21(12)31)27-23(33)26-18(10-19(29)30)15-5-3-4-13(8-15)14-6-7-16(24)17(25)9-14;;/h3-9,11,18,31H,10H2,1-2H3,(H,29,30)(H2,26,27,33);;/q;2*+1/p-2/t18-;;/m0../s1. The van der Waals surface area contributed by atoms with Crippen molar-refractivity contribution in [2.75, 3.05) is 5.32 Å². The largest absolute Gasteiger partial charge is 1.00 e. The monoisotopic (exact) mass is 501 g/mol. The van der Waals surface area contributed by atoms with Crippen molar-refractivity contribution in [3.63, 3.8) is 0 Å². The molecule has 1 aromatic heterocycles. The molecule has 8 nitrogen and oxygen atoms in total. The van der Waals surface area contributed by atoms with Crippen LogP contribution in [0.15, 0.2) is 53.5 Å². The Morgan fingerprint density at radius 3 is 2.34 bits per heavy atom. The maximum atomic E-state index is 13.6. The van der Waals surface area contributed by atoms with E-state index in [1.165, 1.54) is 38.4 Å². The van der Waals surface area contributed by atoms with Crippen LogP contribution in [0.25, 0.3) is 11.1 Å². The number of aliphatic carboxylic acids is 1. The van der Waals surface area contributed by atoms with Crippen LogP contribution in [0.3, 0.4) is 0 Å². The number of rotatable bonds is 6. The van der Waals surface area contributed by atoms with Crippen LogP contribution in [-0.2, 0) is 11.8 Å². The van der Waals surface area contributed by atoms with Gasteiger partial charge in [-0.15, -0.1) is 0 Å². The molecule has 1 heterocycles.